The van der Waals surface area contributed by atoms with E-state index in [1.165, 1.54) is 27.0 Å². The number of rotatable bonds is 4. The van der Waals surface area contributed by atoms with Gasteiger partial charge in [0.15, 0.2) is 0 Å². The molecule has 0 aromatic carbocycles. The number of carbonyl (C=O) groups is 6. The number of fused-ring (bicyclic) bond motifs is 3. The van der Waals surface area contributed by atoms with E-state index < -0.39 is 71.7 Å². The molecule has 7 atom stereocenters. The first kappa shape index (κ1) is 35.6. The Balaban J connectivity index is 1.78. The summed E-state index contributed by atoms with van der Waals surface area (Å²) in [7, 11) is 1.53. The van der Waals surface area contributed by atoms with Gasteiger partial charge in [0.25, 0.3) is 17.7 Å². The van der Waals surface area contributed by atoms with Gasteiger partial charge in [0.05, 0.1) is 0 Å². The minimum atomic E-state index is -0.975. The molecule has 4 aliphatic rings. The van der Waals surface area contributed by atoms with E-state index in [0.717, 1.165) is 0 Å². The first-order chi connectivity index (χ1) is 21.9. The van der Waals surface area contributed by atoms with Crippen LogP contribution >= 0.6 is 0 Å². The monoisotopic (exact) mass is 647 g/mol. The van der Waals surface area contributed by atoms with Crippen molar-refractivity contribution in [2.45, 2.75) is 122 Å². The van der Waals surface area contributed by atoms with E-state index in [4.69, 9.17) is 0 Å². The van der Waals surface area contributed by atoms with Crippen LogP contribution in [0.5, 0.6) is 0 Å². The van der Waals surface area contributed by atoms with Gasteiger partial charge < -0.3 is 15.5 Å². The molecule has 4 saturated heterocycles. The Morgan fingerprint density at radius 1 is 0.674 bits per heavy atom. The van der Waals surface area contributed by atoms with Crippen LogP contribution in [-0.2, 0) is 28.8 Å². The standard InChI is InChI=1S/C31H53N9O6/c1-7-19(4)25-31(46)40-24(13-10-16-34-40)30(45)39-23(12-9-15-33-39)29(44)37(6)20(5)28(43)38-22(11-8-14-32-38)27(42)35-21(17-18(2)3)26(41)36-25/h18-25,32-34H,7-17H2,1-6H3,(H,35,42)(H,36,41)/t19?,20-,21-,22-,23-,24-,25-/m0/s1. The molecule has 6 amide bonds. The first-order valence-corrected chi connectivity index (χ1v) is 16.9. The van der Waals surface area contributed by atoms with Crippen LogP contribution in [0.4, 0.5) is 0 Å². The van der Waals surface area contributed by atoms with Gasteiger partial charge in [0, 0.05) is 26.7 Å². The number of hydrazine groups is 3. The van der Waals surface area contributed by atoms with Crippen LogP contribution in [0.25, 0.3) is 0 Å². The summed E-state index contributed by atoms with van der Waals surface area (Å²) in [6, 6.07) is -5.61. The highest BCUT2D eigenvalue weighted by Gasteiger charge is 2.46. The highest BCUT2D eigenvalue weighted by atomic mass is 16.2. The topological polar surface area (TPSA) is 176 Å². The second-order valence-electron chi connectivity index (χ2n) is 13.5. The maximum atomic E-state index is 14.2. The third-order valence-corrected chi connectivity index (χ3v) is 9.73. The Hall–Kier alpha value is -3.30. The normalized spacial score (nSPS) is 31.8. The summed E-state index contributed by atoms with van der Waals surface area (Å²) in [6.07, 6.45) is 3.91. The largest absolute Gasteiger partial charge is 0.342 e. The van der Waals surface area contributed by atoms with E-state index in [0.29, 0.717) is 71.0 Å². The third-order valence-electron chi connectivity index (χ3n) is 9.73. The lowest BCUT2D eigenvalue weighted by Crippen LogP contribution is -2.69. The van der Waals surface area contributed by atoms with Crippen LogP contribution in [-0.4, -0.2) is 118 Å². The van der Waals surface area contributed by atoms with Crippen LogP contribution in [0.1, 0.15) is 86.0 Å². The summed E-state index contributed by atoms with van der Waals surface area (Å²) in [5.41, 5.74) is 9.21. The molecule has 0 aromatic heterocycles. The number of carbonyl (C=O) groups excluding carboxylic acids is 6. The van der Waals surface area contributed by atoms with Gasteiger partial charge in [0.1, 0.15) is 36.3 Å². The minimum absolute atomic E-state index is 0.0318. The molecular formula is C31H53N9O6. The number of nitrogens with one attached hydrogen (secondary N) is 5. The van der Waals surface area contributed by atoms with Gasteiger partial charge in [-0.3, -0.25) is 43.8 Å². The zero-order valence-corrected chi connectivity index (χ0v) is 28.1. The molecular weight excluding hydrogens is 594 g/mol. The van der Waals surface area contributed by atoms with Crippen LogP contribution in [0, 0.1) is 11.8 Å². The lowest BCUT2D eigenvalue weighted by molar-refractivity contribution is -0.164. The molecule has 46 heavy (non-hydrogen) atoms. The molecule has 15 heteroatoms. The maximum absolute atomic E-state index is 14.2. The summed E-state index contributed by atoms with van der Waals surface area (Å²) < 4.78 is 0. The lowest BCUT2D eigenvalue weighted by atomic mass is 9.95. The number of amides is 6. The van der Waals surface area contributed by atoms with E-state index in [9.17, 15) is 28.8 Å². The minimum Gasteiger partial charge on any atom is -0.342 e. The summed E-state index contributed by atoms with van der Waals surface area (Å²) in [4.78, 5) is 85.3. The molecule has 0 bridgehead atoms. The molecule has 4 aliphatic heterocycles. The Bertz CT molecular complexity index is 1170. The molecule has 0 spiro atoms. The molecule has 1 unspecified atom stereocenters. The van der Waals surface area contributed by atoms with Crippen molar-refractivity contribution in [3.63, 3.8) is 0 Å². The Kier molecular flexibility index (Phi) is 12.0. The summed E-state index contributed by atoms with van der Waals surface area (Å²) >= 11 is 0. The molecule has 4 heterocycles. The Morgan fingerprint density at radius 3 is 1.72 bits per heavy atom. The van der Waals surface area contributed by atoms with Gasteiger partial charge in [-0.1, -0.05) is 34.1 Å². The highest BCUT2D eigenvalue weighted by Crippen LogP contribution is 2.23. The molecule has 0 saturated carbocycles. The fraction of sp³-hybridized carbons (Fsp3) is 0.806. The SMILES string of the molecule is CCC(C)[C@@H]1NC(=O)[C@H](CC(C)C)NC(=O)[C@@H]2CCCNN2C(=O)[C@H](C)N(C)C(=O)[C@@H]2CCCNN2C(=O)[C@@H]2CCCNN2C1=O. The van der Waals surface area contributed by atoms with E-state index in [1.807, 2.05) is 27.7 Å². The number of likely N-dealkylation sites (N-methyl/N-ethyl adjacent to an activating group) is 1. The summed E-state index contributed by atoms with van der Waals surface area (Å²) in [6.45, 7) is 10.7. The van der Waals surface area contributed by atoms with Crippen molar-refractivity contribution < 1.29 is 28.8 Å². The average Bonchev–Trinajstić information content (AvgIpc) is 3.07. The predicted molar refractivity (Wildman–Crippen MR) is 169 cm³/mol. The Morgan fingerprint density at radius 2 is 1.17 bits per heavy atom. The number of hydrogen-bond donors (Lipinski definition) is 5. The zero-order valence-electron chi connectivity index (χ0n) is 28.1. The molecule has 258 valence electrons. The quantitative estimate of drug-likeness (QED) is 0.267. The maximum Gasteiger partial charge on any atom is 0.261 e. The van der Waals surface area contributed by atoms with E-state index in [2.05, 4.69) is 26.9 Å². The van der Waals surface area contributed by atoms with Crippen molar-refractivity contribution in [3.05, 3.63) is 0 Å². The van der Waals surface area contributed by atoms with Gasteiger partial charge >= 0.3 is 0 Å². The summed E-state index contributed by atoms with van der Waals surface area (Å²) in [5, 5.41) is 9.72. The second-order valence-corrected chi connectivity index (χ2v) is 13.5. The smallest absolute Gasteiger partial charge is 0.261 e. The van der Waals surface area contributed by atoms with Crippen molar-refractivity contribution in [3.8, 4) is 0 Å². The molecule has 15 nitrogen and oxygen atoms in total. The number of hydrogen-bond acceptors (Lipinski definition) is 9. The van der Waals surface area contributed by atoms with Gasteiger partial charge in [0.2, 0.25) is 17.7 Å². The zero-order chi connectivity index (χ0) is 33.7. The van der Waals surface area contributed by atoms with Crippen molar-refractivity contribution in [2.75, 3.05) is 26.7 Å². The fourth-order valence-electron chi connectivity index (χ4n) is 6.62. The van der Waals surface area contributed by atoms with Crippen molar-refractivity contribution in [1.29, 1.82) is 0 Å². The van der Waals surface area contributed by atoms with Gasteiger partial charge in [-0.15, -0.1) is 0 Å². The van der Waals surface area contributed by atoms with E-state index in [-0.39, 0.29) is 11.8 Å². The van der Waals surface area contributed by atoms with Gasteiger partial charge in [-0.25, -0.2) is 16.3 Å². The molecule has 0 aliphatic carbocycles. The van der Waals surface area contributed by atoms with Crippen LogP contribution < -0.4 is 26.9 Å². The fourth-order valence-corrected chi connectivity index (χ4v) is 6.62. The van der Waals surface area contributed by atoms with Crippen molar-refractivity contribution in [1.82, 2.24) is 46.8 Å². The molecule has 4 rings (SSSR count). The van der Waals surface area contributed by atoms with Crippen LogP contribution in [0.15, 0.2) is 0 Å². The molecule has 0 aromatic rings. The lowest BCUT2D eigenvalue weighted by Gasteiger charge is -2.44. The molecule has 5 N–H and O–H groups in total. The average molecular weight is 648 g/mol. The van der Waals surface area contributed by atoms with Crippen molar-refractivity contribution >= 4 is 35.4 Å². The molecule has 0 radical (unpaired) electrons. The van der Waals surface area contributed by atoms with E-state index in [1.54, 1.807) is 6.92 Å². The first-order valence-electron chi connectivity index (χ1n) is 16.9. The Labute approximate surface area is 271 Å². The predicted octanol–water partition coefficient (Wildman–Crippen LogP) is -0.604. The van der Waals surface area contributed by atoms with Crippen molar-refractivity contribution in [2.24, 2.45) is 11.8 Å². The van der Waals surface area contributed by atoms with Crippen LogP contribution in [0.3, 0.4) is 0 Å². The third kappa shape index (κ3) is 7.63. The van der Waals surface area contributed by atoms with Gasteiger partial charge in [-0.05, 0) is 63.7 Å². The summed E-state index contributed by atoms with van der Waals surface area (Å²) in [5.74, 6) is -2.99. The second kappa shape index (κ2) is 15.5. The highest BCUT2D eigenvalue weighted by molar-refractivity contribution is 5.98. The molecule has 4 fully saturated rings. The van der Waals surface area contributed by atoms with E-state index >= 15 is 0 Å². The number of nitrogens with zero attached hydrogens (tertiary/aromatic N) is 4. The van der Waals surface area contributed by atoms with Gasteiger partial charge in [-0.2, -0.15) is 0 Å². The van der Waals surface area contributed by atoms with Crippen LogP contribution in [0.2, 0.25) is 0 Å².